The van der Waals surface area contributed by atoms with Gasteiger partial charge in [0.15, 0.2) is 0 Å². The zero-order valence-corrected chi connectivity index (χ0v) is 10.4. The van der Waals surface area contributed by atoms with Crippen molar-refractivity contribution in [2.24, 2.45) is 0 Å². The number of hydrogen-bond donors (Lipinski definition) is 1. The van der Waals surface area contributed by atoms with Gasteiger partial charge in [0.25, 0.3) is 0 Å². The minimum absolute atomic E-state index is 0.284. The average molecular weight is 240 g/mol. The van der Waals surface area contributed by atoms with Crippen molar-refractivity contribution >= 4 is 0 Å². The molecule has 0 saturated heterocycles. The predicted octanol–water partition coefficient (Wildman–Crippen LogP) is 2.44. The van der Waals surface area contributed by atoms with E-state index in [2.05, 4.69) is 18.0 Å². The van der Waals surface area contributed by atoms with Gasteiger partial charge in [-0.1, -0.05) is 18.2 Å². The molecule has 3 rings (SSSR count). The highest BCUT2D eigenvalue weighted by molar-refractivity contribution is 5.61. The van der Waals surface area contributed by atoms with Gasteiger partial charge in [-0.3, -0.25) is 4.98 Å². The van der Waals surface area contributed by atoms with Crippen LogP contribution in [0.3, 0.4) is 0 Å². The van der Waals surface area contributed by atoms with Crippen LogP contribution in [0.4, 0.5) is 0 Å². The Labute approximate surface area is 107 Å². The lowest BCUT2D eigenvalue weighted by Crippen LogP contribution is -2.27. The van der Waals surface area contributed by atoms with Crippen molar-refractivity contribution < 1.29 is 5.11 Å². The van der Waals surface area contributed by atoms with Gasteiger partial charge in [-0.15, -0.1) is 0 Å². The van der Waals surface area contributed by atoms with Gasteiger partial charge in [0.2, 0.25) is 0 Å². The van der Waals surface area contributed by atoms with Crippen LogP contribution in [0, 0.1) is 0 Å². The van der Waals surface area contributed by atoms with Crippen molar-refractivity contribution in [1.82, 2.24) is 9.88 Å². The van der Waals surface area contributed by atoms with Crippen LogP contribution in [-0.4, -0.2) is 28.6 Å². The van der Waals surface area contributed by atoms with Gasteiger partial charge in [-0.25, -0.2) is 0 Å². The Morgan fingerprint density at radius 1 is 1.22 bits per heavy atom. The molecular formula is C15H16N2O. The molecule has 0 aliphatic carbocycles. The van der Waals surface area contributed by atoms with Crippen LogP contribution >= 0.6 is 0 Å². The molecule has 92 valence electrons. The molecule has 1 aromatic carbocycles. The Morgan fingerprint density at radius 2 is 2.11 bits per heavy atom. The third-order valence-electron chi connectivity index (χ3n) is 3.38. The number of benzene rings is 1. The van der Waals surface area contributed by atoms with Gasteiger partial charge in [0, 0.05) is 30.8 Å². The number of fused-ring (bicyclic) bond motifs is 1. The van der Waals surface area contributed by atoms with Crippen LogP contribution in [0.5, 0.6) is 5.75 Å². The Morgan fingerprint density at radius 3 is 2.94 bits per heavy atom. The maximum Gasteiger partial charge on any atom is 0.116 e. The number of nitrogens with zero attached hydrogens (tertiary/aromatic N) is 2. The molecule has 2 aromatic rings. The highest BCUT2D eigenvalue weighted by Gasteiger charge is 2.15. The van der Waals surface area contributed by atoms with E-state index >= 15 is 0 Å². The SMILES string of the molecule is CN1CCc2nc(-c3cccc(O)c3)ccc2C1. The molecule has 0 radical (unpaired) electrons. The Balaban J connectivity index is 2.00. The first kappa shape index (κ1) is 11.2. The number of aromatic nitrogens is 1. The summed E-state index contributed by atoms with van der Waals surface area (Å²) < 4.78 is 0. The molecular weight excluding hydrogens is 224 g/mol. The van der Waals surface area contributed by atoms with Crippen molar-refractivity contribution in [3.63, 3.8) is 0 Å². The highest BCUT2D eigenvalue weighted by Crippen LogP contribution is 2.24. The van der Waals surface area contributed by atoms with E-state index in [1.165, 1.54) is 11.3 Å². The molecule has 1 aromatic heterocycles. The molecule has 0 saturated carbocycles. The summed E-state index contributed by atoms with van der Waals surface area (Å²) in [6, 6.07) is 11.4. The summed E-state index contributed by atoms with van der Waals surface area (Å²) in [7, 11) is 2.13. The summed E-state index contributed by atoms with van der Waals surface area (Å²) in [4.78, 5) is 7.02. The third-order valence-corrected chi connectivity index (χ3v) is 3.38. The van der Waals surface area contributed by atoms with Gasteiger partial charge in [-0.2, -0.15) is 0 Å². The van der Waals surface area contributed by atoms with Crippen molar-refractivity contribution in [3.8, 4) is 17.0 Å². The van der Waals surface area contributed by atoms with Gasteiger partial charge in [0.05, 0.1) is 5.69 Å². The zero-order valence-electron chi connectivity index (χ0n) is 10.4. The third kappa shape index (κ3) is 2.09. The molecule has 3 nitrogen and oxygen atoms in total. The van der Waals surface area contributed by atoms with E-state index in [1.807, 2.05) is 18.2 Å². The fraction of sp³-hybridized carbons (Fsp3) is 0.267. The van der Waals surface area contributed by atoms with Crippen LogP contribution in [-0.2, 0) is 13.0 Å². The minimum Gasteiger partial charge on any atom is -0.508 e. The fourth-order valence-corrected chi connectivity index (χ4v) is 2.38. The predicted molar refractivity (Wildman–Crippen MR) is 71.4 cm³/mol. The molecule has 0 fully saturated rings. The van der Waals surface area contributed by atoms with Crippen LogP contribution in [0.2, 0.25) is 0 Å². The van der Waals surface area contributed by atoms with E-state index in [-0.39, 0.29) is 5.75 Å². The quantitative estimate of drug-likeness (QED) is 0.831. The Hall–Kier alpha value is -1.87. The second kappa shape index (κ2) is 4.42. The first-order chi connectivity index (χ1) is 8.72. The van der Waals surface area contributed by atoms with Gasteiger partial charge in [-0.05, 0) is 30.8 Å². The molecule has 0 unspecified atom stereocenters. The molecule has 0 atom stereocenters. The van der Waals surface area contributed by atoms with E-state index in [1.54, 1.807) is 12.1 Å². The monoisotopic (exact) mass is 240 g/mol. The molecule has 0 bridgehead atoms. The van der Waals surface area contributed by atoms with E-state index in [9.17, 15) is 5.11 Å². The number of aromatic hydroxyl groups is 1. The normalized spacial score (nSPS) is 15.4. The first-order valence-corrected chi connectivity index (χ1v) is 6.19. The van der Waals surface area contributed by atoms with E-state index in [4.69, 9.17) is 4.98 Å². The molecule has 0 spiro atoms. The Bertz CT molecular complexity index is 580. The smallest absolute Gasteiger partial charge is 0.116 e. The van der Waals surface area contributed by atoms with Gasteiger partial charge in [0.1, 0.15) is 5.75 Å². The molecule has 18 heavy (non-hydrogen) atoms. The molecule has 1 N–H and O–H groups in total. The number of pyridine rings is 1. The summed E-state index contributed by atoms with van der Waals surface area (Å²) in [6.45, 7) is 2.03. The topological polar surface area (TPSA) is 36.4 Å². The minimum atomic E-state index is 0.284. The van der Waals surface area contributed by atoms with Gasteiger partial charge >= 0.3 is 0 Å². The highest BCUT2D eigenvalue weighted by atomic mass is 16.3. The zero-order chi connectivity index (χ0) is 12.5. The molecule has 3 heteroatoms. The molecule has 0 amide bonds. The molecule has 2 heterocycles. The van der Waals surface area contributed by atoms with Crippen molar-refractivity contribution in [2.45, 2.75) is 13.0 Å². The van der Waals surface area contributed by atoms with Crippen LogP contribution in [0.25, 0.3) is 11.3 Å². The fourth-order valence-electron chi connectivity index (χ4n) is 2.38. The second-order valence-electron chi connectivity index (χ2n) is 4.84. The molecule has 1 aliphatic heterocycles. The largest absolute Gasteiger partial charge is 0.508 e. The van der Waals surface area contributed by atoms with Crippen molar-refractivity contribution in [2.75, 3.05) is 13.6 Å². The number of likely N-dealkylation sites (N-methyl/N-ethyl adjacent to an activating group) is 1. The van der Waals surface area contributed by atoms with E-state index in [0.717, 1.165) is 30.8 Å². The van der Waals surface area contributed by atoms with Crippen LogP contribution in [0.15, 0.2) is 36.4 Å². The van der Waals surface area contributed by atoms with E-state index < -0.39 is 0 Å². The summed E-state index contributed by atoms with van der Waals surface area (Å²) in [5.74, 6) is 0.284. The number of rotatable bonds is 1. The van der Waals surface area contributed by atoms with E-state index in [0.29, 0.717) is 0 Å². The summed E-state index contributed by atoms with van der Waals surface area (Å²) >= 11 is 0. The average Bonchev–Trinajstić information content (AvgIpc) is 2.38. The number of hydrogen-bond acceptors (Lipinski definition) is 3. The lowest BCUT2D eigenvalue weighted by atomic mass is 10.0. The lowest BCUT2D eigenvalue weighted by Gasteiger charge is -2.24. The summed E-state index contributed by atoms with van der Waals surface area (Å²) in [5, 5.41) is 9.51. The van der Waals surface area contributed by atoms with Crippen molar-refractivity contribution in [3.05, 3.63) is 47.7 Å². The maximum atomic E-state index is 9.51. The lowest BCUT2D eigenvalue weighted by molar-refractivity contribution is 0.310. The van der Waals surface area contributed by atoms with Crippen LogP contribution < -0.4 is 0 Å². The Kier molecular flexibility index (Phi) is 2.76. The number of phenolic OH excluding ortho intramolecular Hbond substituents is 1. The number of phenols is 1. The van der Waals surface area contributed by atoms with Crippen molar-refractivity contribution in [1.29, 1.82) is 0 Å². The second-order valence-corrected chi connectivity index (χ2v) is 4.84. The first-order valence-electron chi connectivity index (χ1n) is 6.19. The maximum absolute atomic E-state index is 9.51. The summed E-state index contributed by atoms with van der Waals surface area (Å²) in [6.07, 6.45) is 0.999. The van der Waals surface area contributed by atoms with Gasteiger partial charge < -0.3 is 10.0 Å². The standard InChI is InChI=1S/C15H16N2O/c1-17-8-7-15-12(10-17)5-6-14(16-15)11-3-2-4-13(18)9-11/h2-6,9,18H,7-8,10H2,1H3. The summed E-state index contributed by atoms with van der Waals surface area (Å²) in [5.41, 5.74) is 4.41. The molecule has 1 aliphatic rings. The van der Waals surface area contributed by atoms with Crippen LogP contribution in [0.1, 0.15) is 11.3 Å².